The van der Waals surface area contributed by atoms with Crippen molar-refractivity contribution in [3.05, 3.63) is 59.9 Å². The minimum absolute atomic E-state index is 0.0402. The maximum Gasteiger partial charge on any atom is 0.260 e. The summed E-state index contributed by atoms with van der Waals surface area (Å²) in [5.41, 5.74) is 3.51. The third kappa shape index (κ3) is 4.20. The Morgan fingerprint density at radius 2 is 1.87 bits per heavy atom. The van der Waals surface area contributed by atoms with Crippen LogP contribution in [-0.4, -0.2) is 40.1 Å². The lowest BCUT2D eigenvalue weighted by Crippen LogP contribution is -2.42. The van der Waals surface area contributed by atoms with Crippen molar-refractivity contribution in [1.82, 2.24) is 14.5 Å². The number of hydrogen-bond donors (Lipinski definition) is 0. The number of fused-ring (bicyclic) bond motifs is 1. The number of likely N-dealkylation sites (tertiary alicyclic amines) is 1. The van der Waals surface area contributed by atoms with Crippen molar-refractivity contribution in [2.75, 3.05) is 19.7 Å². The number of amides is 1. The van der Waals surface area contributed by atoms with Gasteiger partial charge < -0.3 is 14.2 Å². The Morgan fingerprint density at radius 3 is 2.57 bits per heavy atom. The topological polar surface area (TPSA) is 47.4 Å². The van der Waals surface area contributed by atoms with Crippen LogP contribution in [-0.2, 0) is 17.3 Å². The lowest BCUT2D eigenvalue weighted by atomic mass is 9.87. The molecule has 1 fully saturated rings. The zero-order valence-corrected chi connectivity index (χ0v) is 18.4. The van der Waals surface area contributed by atoms with Crippen molar-refractivity contribution < 1.29 is 9.53 Å². The second kappa shape index (κ2) is 8.13. The molecule has 1 saturated heterocycles. The zero-order valence-electron chi connectivity index (χ0n) is 18.4. The Balaban J connectivity index is 1.39. The molecule has 2 aromatic carbocycles. The third-order valence-electron chi connectivity index (χ3n) is 6.04. The molecule has 5 nitrogen and oxygen atoms in total. The predicted octanol–water partition coefficient (Wildman–Crippen LogP) is 4.66. The normalized spacial score (nSPS) is 17.3. The maximum atomic E-state index is 12.8. The number of ether oxygens (including phenoxy) is 1. The minimum Gasteiger partial charge on any atom is -0.484 e. The molecule has 1 aliphatic rings. The number of carbonyl (C=O) groups is 1. The molecule has 3 aromatic rings. The summed E-state index contributed by atoms with van der Waals surface area (Å²) in [4.78, 5) is 19.6. The highest BCUT2D eigenvalue weighted by Crippen LogP contribution is 2.29. The average Bonchev–Trinajstić information content (AvgIpc) is 3.08. The molecule has 0 radical (unpaired) electrons. The number of aryl methyl sites for hydroxylation is 1. The lowest BCUT2D eigenvalue weighted by Gasteiger charge is -2.32. The summed E-state index contributed by atoms with van der Waals surface area (Å²) in [6.45, 7) is 8.11. The van der Waals surface area contributed by atoms with Gasteiger partial charge in [-0.2, -0.15) is 0 Å². The van der Waals surface area contributed by atoms with Gasteiger partial charge in [0.2, 0.25) is 0 Å². The van der Waals surface area contributed by atoms with E-state index in [4.69, 9.17) is 9.72 Å². The Hall–Kier alpha value is -2.82. The number of rotatable bonds is 4. The molecule has 1 aliphatic heterocycles. The number of piperidine rings is 1. The van der Waals surface area contributed by atoms with E-state index in [1.165, 1.54) is 5.56 Å². The molecule has 1 atom stereocenters. The van der Waals surface area contributed by atoms with Gasteiger partial charge in [-0.15, -0.1) is 0 Å². The Morgan fingerprint density at radius 1 is 1.13 bits per heavy atom. The van der Waals surface area contributed by atoms with E-state index in [1.807, 2.05) is 35.2 Å². The van der Waals surface area contributed by atoms with Gasteiger partial charge in [0.1, 0.15) is 11.6 Å². The second-order valence-corrected chi connectivity index (χ2v) is 9.26. The molecular weight excluding hydrogens is 374 g/mol. The van der Waals surface area contributed by atoms with Gasteiger partial charge in [-0.3, -0.25) is 4.79 Å². The van der Waals surface area contributed by atoms with Crippen LogP contribution in [0.5, 0.6) is 5.75 Å². The monoisotopic (exact) mass is 405 g/mol. The van der Waals surface area contributed by atoms with Crippen LogP contribution in [0.15, 0.2) is 48.5 Å². The third-order valence-corrected chi connectivity index (χ3v) is 6.04. The molecule has 0 bridgehead atoms. The summed E-state index contributed by atoms with van der Waals surface area (Å²) >= 11 is 0. The van der Waals surface area contributed by atoms with Crippen LogP contribution in [0.3, 0.4) is 0 Å². The molecule has 2 heterocycles. The van der Waals surface area contributed by atoms with Gasteiger partial charge in [0.05, 0.1) is 11.0 Å². The number of aromatic nitrogens is 2. The fraction of sp³-hybridized carbons (Fsp3) is 0.440. The standard InChI is InChI=1S/C25H31N3O2/c1-25(2,3)19-11-13-20(14-12-19)30-17-23(29)28-15-7-8-18(16-28)24-26-21-9-5-6-10-22(21)27(24)4/h5-6,9-14,18H,7-8,15-17H2,1-4H3. The van der Waals surface area contributed by atoms with Gasteiger partial charge in [-0.05, 0) is 48.1 Å². The fourth-order valence-electron chi connectivity index (χ4n) is 4.23. The van der Waals surface area contributed by atoms with E-state index in [1.54, 1.807) is 0 Å². The Bertz CT molecular complexity index is 1030. The summed E-state index contributed by atoms with van der Waals surface area (Å²) < 4.78 is 7.96. The molecular formula is C25H31N3O2. The van der Waals surface area contributed by atoms with Crippen molar-refractivity contribution in [3.63, 3.8) is 0 Å². The van der Waals surface area contributed by atoms with Crippen molar-refractivity contribution in [2.24, 2.45) is 7.05 Å². The first-order valence-electron chi connectivity index (χ1n) is 10.8. The largest absolute Gasteiger partial charge is 0.484 e. The molecule has 1 aromatic heterocycles. The summed E-state index contributed by atoms with van der Waals surface area (Å²) in [7, 11) is 2.07. The second-order valence-electron chi connectivity index (χ2n) is 9.26. The average molecular weight is 406 g/mol. The van der Waals surface area contributed by atoms with E-state index < -0.39 is 0 Å². The molecule has 5 heteroatoms. The van der Waals surface area contributed by atoms with Crippen molar-refractivity contribution in [1.29, 1.82) is 0 Å². The lowest BCUT2D eigenvalue weighted by molar-refractivity contribution is -0.134. The Labute approximate surface area is 178 Å². The predicted molar refractivity (Wildman–Crippen MR) is 120 cm³/mol. The van der Waals surface area contributed by atoms with Crippen molar-refractivity contribution >= 4 is 16.9 Å². The van der Waals surface area contributed by atoms with Gasteiger partial charge in [0, 0.05) is 26.1 Å². The van der Waals surface area contributed by atoms with E-state index in [-0.39, 0.29) is 23.8 Å². The highest BCUT2D eigenvalue weighted by Gasteiger charge is 2.28. The van der Waals surface area contributed by atoms with Crippen LogP contribution in [0.25, 0.3) is 11.0 Å². The number of hydrogen-bond acceptors (Lipinski definition) is 3. The van der Waals surface area contributed by atoms with Gasteiger partial charge >= 0.3 is 0 Å². The molecule has 0 saturated carbocycles. The molecule has 0 spiro atoms. The van der Waals surface area contributed by atoms with Crippen LogP contribution in [0.4, 0.5) is 0 Å². The molecule has 158 valence electrons. The summed E-state index contributed by atoms with van der Waals surface area (Å²) in [6.07, 6.45) is 2.04. The number of benzene rings is 2. The van der Waals surface area contributed by atoms with Crippen LogP contribution < -0.4 is 4.74 Å². The first-order chi connectivity index (χ1) is 14.3. The smallest absolute Gasteiger partial charge is 0.260 e. The maximum absolute atomic E-state index is 12.8. The summed E-state index contributed by atoms with van der Waals surface area (Å²) in [6, 6.07) is 16.2. The molecule has 1 unspecified atom stereocenters. The zero-order chi connectivity index (χ0) is 21.3. The van der Waals surface area contributed by atoms with Crippen molar-refractivity contribution in [3.8, 4) is 5.75 Å². The Kier molecular flexibility index (Phi) is 5.54. The number of imidazole rings is 1. The van der Waals surface area contributed by atoms with E-state index >= 15 is 0 Å². The SMILES string of the molecule is Cn1c(C2CCCN(C(=O)COc3ccc(C(C)(C)C)cc3)C2)nc2ccccc21. The minimum atomic E-state index is 0.0402. The van der Waals surface area contributed by atoms with E-state index in [0.29, 0.717) is 6.54 Å². The summed E-state index contributed by atoms with van der Waals surface area (Å²) in [5, 5.41) is 0. The van der Waals surface area contributed by atoms with Crippen molar-refractivity contribution in [2.45, 2.75) is 44.9 Å². The first kappa shape index (κ1) is 20.5. The van der Waals surface area contributed by atoms with E-state index in [2.05, 4.69) is 50.6 Å². The summed E-state index contributed by atoms with van der Waals surface area (Å²) in [5.74, 6) is 2.09. The van der Waals surface area contributed by atoms with Gasteiger partial charge in [0.15, 0.2) is 6.61 Å². The number of carbonyl (C=O) groups excluding carboxylic acids is 1. The molecule has 4 rings (SSSR count). The van der Waals surface area contributed by atoms with Gasteiger partial charge in [-0.25, -0.2) is 4.98 Å². The number of nitrogens with zero attached hydrogens (tertiary/aromatic N) is 3. The van der Waals surface area contributed by atoms with Crippen LogP contribution in [0.1, 0.15) is 50.9 Å². The highest BCUT2D eigenvalue weighted by molar-refractivity contribution is 5.78. The van der Waals surface area contributed by atoms with Gasteiger partial charge in [-0.1, -0.05) is 45.0 Å². The molecule has 0 aliphatic carbocycles. The quantitative estimate of drug-likeness (QED) is 0.634. The fourth-order valence-corrected chi connectivity index (χ4v) is 4.23. The van der Waals surface area contributed by atoms with E-state index in [9.17, 15) is 4.79 Å². The highest BCUT2D eigenvalue weighted by atomic mass is 16.5. The number of para-hydroxylation sites is 2. The van der Waals surface area contributed by atoms with Crippen LogP contribution >= 0.6 is 0 Å². The van der Waals surface area contributed by atoms with Gasteiger partial charge in [0.25, 0.3) is 5.91 Å². The van der Waals surface area contributed by atoms with E-state index in [0.717, 1.165) is 42.0 Å². The molecule has 30 heavy (non-hydrogen) atoms. The first-order valence-corrected chi connectivity index (χ1v) is 10.8. The van der Waals surface area contributed by atoms with Crippen LogP contribution in [0, 0.1) is 0 Å². The molecule has 1 amide bonds. The molecule has 0 N–H and O–H groups in total. The van der Waals surface area contributed by atoms with Crippen LogP contribution in [0.2, 0.25) is 0 Å².